The van der Waals surface area contributed by atoms with Crippen LogP contribution in [0.5, 0.6) is 5.75 Å². The van der Waals surface area contributed by atoms with E-state index in [4.69, 9.17) is 4.74 Å². The van der Waals surface area contributed by atoms with Gasteiger partial charge in [0.25, 0.3) is 0 Å². The highest BCUT2D eigenvalue weighted by molar-refractivity contribution is 5.46. The fourth-order valence-electron chi connectivity index (χ4n) is 1.92. The second-order valence-electron chi connectivity index (χ2n) is 4.21. The van der Waals surface area contributed by atoms with E-state index in [0.717, 1.165) is 17.1 Å². The molecule has 1 aromatic carbocycles. The molecule has 0 bridgehead atoms. The summed E-state index contributed by atoms with van der Waals surface area (Å²) in [7, 11) is 3.40. The van der Waals surface area contributed by atoms with Gasteiger partial charge in [-0.1, -0.05) is 12.1 Å². The average Bonchev–Trinajstić information content (AvgIpc) is 2.42. The summed E-state index contributed by atoms with van der Waals surface area (Å²) in [5.41, 5.74) is 2.02. The van der Waals surface area contributed by atoms with Gasteiger partial charge in [0.1, 0.15) is 17.1 Å². The molecule has 0 atom stereocenters. The SMILES string of the molecule is CNCc1nn(-c2ccccc2OC)c(C)cc1=O. The normalized spacial score (nSPS) is 10.5. The Balaban J connectivity index is 2.61. The zero-order valence-electron chi connectivity index (χ0n) is 11.3. The third-order valence-electron chi connectivity index (χ3n) is 2.84. The van der Waals surface area contributed by atoms with Crippen LogP contribution in [0, 0.1) is 6.92 Å². The van der Waals surface area contributed by atoms with E-state index in [2.05, 4.69) is 10.4 Å². The van der Waals surface area contributed by atoms with Crippen molar-refractivity contribution in [3.63, 3.8) is 0 Å². The zero-order chi connectivity index (χ0) is 13.8. The maximum atomic E-state index is 11.8. The van der Waals surface area contributed by atoms with E-state index in [-0.39, 0.29) is 5.43 Å². The molecule has 1 heterocycles. The van der Waals surface area contributed by atoms with Gasteiger partial charge in [-0.2, -0.15) is 5.10 Å². The van der Waals surface area contributed by atoms with Crippen molar-refractivity contribution in [1.29, 1.82) is 0 Å². The first kappa shape index (κ1) is 13.3. The lowest BCUT2D eigenvalue weighted by Gasteiger charge is -2.14. The van der Waals surface area contributed by atoms with E-state index in [1.807, 2.05) is 31.2 Å². The number of methoxy groups -OCH3 is 1. The van der Waals surface area contributed by atoms with Gasteiger partial charge in [0, 0.05) is 18.3 Å². The Hall–Kier alpha value is -2.14. The molecule has 0 aliphatic carbocycles. The van der Waals surface area contributed by atoms with Crippen LogP contribution in [0.2, 0.25) is 0 Å². The van der Waals surface area contributed by atoms with Crippen LogP contribution in [0.3, 0.4) is 0 Å². The van der Waals surface area contributed by atoms with Gasteiger partial charge in [0.05, 0.1) is 7.11 Å². The lowest BCUT2D eigenvalue weighted by Crippen LogP contribution is -2.23. The molecule has 0 saturated carbocycles. The number of aromatic nitrogens is 2. The highest BCUT2D eigenvalue weighted by atomic mass is 16.5. The molecule has 100 valence electrons. The number of para-hydroxylation sites is 2. The Morgan fingerprint density at radius 2 is 2.11 bits per heavy atom. The minimum Gasteiger partial charge on any atom is -0.494 e. The van der Waals surface area contributed by atoms with Crippen molar-refractivity contribution in [3.8, 4) is 11.4 Å². The Labute approximate surface area is 111 Å². The van der Waals surface area contributed by atoms with Gasteiger partial charge in [-0.3, -0.25) is 4.79 Å². The molecule has 0 spiro atoms. The smallest absolute Gasteiger partial charge is 0.204 e. The molecule has 2 rings (SSSR count). The van der Waals surface area contributed by atoms with Crippen LogP contribution in [0.1, 0.15) is 11.4 Å². The van der Waals surface area contributed by atoms with Gasteiger partial charge in [-0.25, -0.2) is 4.68 Å². The largest absolute Gasteiger partial charge is 0.494 e. The van der Waals surface area contributed by atoms with Gasteiger partial charge < -0.3 is 10.1 Å². The second-order valence-corrected chi connectivity index (χ2v) is 4.21. The molecule has 5 heteroatoms. The molecule has 0 aliphatic heterocycles. The molecule has 0 amide bonds. The molecular formula is C14H17N3O2. The molecule has 1 aromatic heterocycles. The summed E-state index contributed by atoms with van der Waals surface area (Å²) in [6.07, 6.45) is 0. The Morgan fingerprint density at radius 1 is 1.37 bits per heavy atom. The van der Waals surface area contributed by atoms with Crippen LogP contribution in [-0.4, -0.2) is 23.9 Å². The maximum Gasteiger partial charge on any atom is 0.204 e. The Morgan fingerprint density at radius 3 is 2.79 bits per heavy atom. The maximum absolute atomic E-state index is 11.8. The number of nitrogens with zero attached hydrogens (tertiary/aromatic N) is 2. The van der Waals surface area contributed by atoms with Gasteiger partial charge in [0.2, 0.25) is 5.43 Å². The van der Waals surface area contributed by atoms with E-state index < -0.39 is 0 Å². The van der Waals surface area contributed by atoms with Crippen molar-refractivity contribution < 1.29 is 4.74 Å². The van der Waals surface area contributed by atoms with E-state index in [1.54, 1.807) is 24.9 Å². The lowest BCUT2D eigenvalue weighted by molar-refractivity contribution is 0.411. The molecule has 0 radical (unpaired) electrons. The first-order valence-electron chi connectivity index (χ1n) is 6.05. The summed E-state index contributed by atoms with van der Waals surface area (Å²) in [6, 6.07) is 9.18. The fourth-order valence-corrected chi connectivity index (χ4v) is 1.92. The van der Waals surface area contributed by atoms with E-state index >= 15 is 0 Å². The topological polar surface area (TPSA) is 56.1 Å². The number of aryl methyl sites for hydroxylation is 1. The summed E-state index contributed by atoms with van der Waals surface area (Å²) in [5, 5.41) is 7.35. The number of hydrogen-bond acceptors (Lipinski definition) is 4. The van der Waals surface area contributed by atoms with Gasteiger partial charge >= 0.3 is 0 Å². The molecule has 2 aromatic rings. The number of ether oxygens (including phenoxy) is 1. The molecule has 0 fully saturated rings. The molecule has 0 aliphatic rings. The third-order valence-corrected chi connectivity index (χ3v) is 2.84. The summed E-state index contributed by atoms with van der Waals surface area (Å²) < 4.78 is 7.06. The molecule has 0 unspecified atom stereocenters. The number of nitrogens with one attached hydrogen (secondary N) is 1. The standard InChI is InChI=1S/C14H17N3O2/c1-10-8-13(18)11(9-15-2)16-17(10)12-6-4-5-7-14(12)19-3/h4-8,15H,9H2,1-3H3. The third kappa shape index (κ3) is 2.66. The summed E-state index contributed by atoms with van der Waals surface area (Å²) in [5.74, 6) is 0.720. The summed E-state index contributed by atoms with van der Waals surface area (Å²) >= 11 is 0. The van der Waals surface area contributed by atoms with Crippen LogP contribution >= 0.6 is 0 Å². The van der Waals surface area contributed by atoms with Gasteiger partial charge in [0.15, 0.2) is 0 Å². The van der Waals surface area contributed by atoms with Crippen molar-refractivity contribution in [2.24, 2.45) is 0 Å². The average molecular weight is 259 g/mol. The van der Waals surface area contributed by atoms with Crippen molar-refractivity contribution in [2.45, 2.75) is 13.5 Å². The zero-order valence-corrected chi connectivity index (χ0v) is 11.3. The van der Waals surface area contributed by atoms with E-state index in [9.17, 15) is 4.79 Å². The van der Waals surface area contributed by atoms with Gasteiger partial charge in [-0.15, -0.1) is 0 Å². The summed E-state index contributed by atoms with van der Waals surface area (Å²) in [6.45, 7) is 2.29. The summed E-state index contributed by atoms with van der Waals surface area (Å²) in [4.78, 5) is 11.8. The minimum atomic E-state index is -0.0574. The van der Waals surface area contributed by atoms with Crippen molar-refractivity contribution in [2.75, 3.05) is 14.2 Å². The fraction of sp³-hybridized carbons (Fsp3) is 0.286. The molecule has 1 N–H and O–H groups in total. The lowest BCUT2D eigenvalue weighted by atomic mass is 10.2. The monoisotopic (exact) mass is 259 g/mol. The molecule has 19 heavy (non-hydrogen) atoms. The van der Waals surface area contributed by atoms with Crippen LogP contribution in [0.4, 0.5) is 0 Å². The number of hydrogen-bond donors (Lipinski definition) is 1. The number of rotatable bonds is 4. The predicted molar refractivity (Wildman–Crippen MR) is 73.9 cm³/mol. The minimum absolute atomic E-state index is 0.0574. The van der Waals surface area contributed by atoms with Crippen LogP contribution < -0.4 is 15.5 Å². The highest BCUT2D eigenvalue weighted by Gasteiger charge is 2.10. The van der Waals surface area contributed by atoms with Crippen LogP contribution in [-0.2, 0) is 6.54 Å². The Bertz CT molecular complexity index is 635. The first-order chi connectivity index (χ1) is 9.17. The van der Waals surface area contributed by atoms with Crippen LogP contribution in [0.15, 0.2) is 35.1 Å². The molecule has 5 nitrogen and oxygen atoms in total. The van der Waals surface area contributed by atoms with E-state index in [1.165, 1.54) is 0 Å². The predicted octanol–water partition coefficient (Wildman–Crippen LogP) is 1.27. The van der Waals surface area contributed by atoms with Gasteiger partial charge in [-0.05, 0) is 26.1 Å². The number of benzene rings is 1. The van der Waals surface area contributed by atoms with Crippen LogP contribution in [0.25, 0.3) is 5.69 Å². The second kappa shape index (κ2) is 5.67. The van der Waals surface area contributed by atoms with Crippen molar-refractivity contribution in [1.82, 2.24) is 15.1 Å². The molecule has 0 saturated heterocycles. The highest BCUT2D eigenvalue weighted by Crippen LogP contribution is 2.21. The quantitative estimate of drug-likeness (QED) is 0.898. The van der Waals surface area contributed by atoms with E-state index in [0.29, 0.717) is 12.2 Å². The Kier molecular flexibility index (Phi) is 3.97. The first-order valence-corrected chi connectivity index (χ1v) is 6.05. The van der Waals surface area contributed by atoms with Crippen molar-refractivity contribution >= 4 is 0 Å². The molecular weight excluding hydrogens is 242 g/mol. The van der Waals surface area contributed by atoms with Crippen molar-refractivity contribution in [3.05, 3.63) is 51.9 Å².